The Balaban J connectivity index is 1.26. The van der Waals surface area contributed by atoms with Crippen molar-refractivity contribution >= 4 is 39.8 Å². The second-order valence-corrected chi connectivity index (χ2v) is 10.0. The molecule has 1 heterocycles. The Kier molecular flexibility index (Phi) is 7.70. The monoisotopic (exact) mass is 567 g/mol. The predicted molar refractivity (Wildman–Crippen MR) is 170 cm³/mol. The van der Waals surface area contributed by atoms with Crippen LogP contribution in [-0.2, 0) is 0 Å². The molecule has 2 N–H and O–H groups in total. The van der Waals surface area contributed by atoms with E-state index in [-0.39, 0.29) is 5.91 Å². The van der Waals surface area contributed by atoms with Crippen molar-refractivity contribution in [3.05, 3.63) is 132 Å². The number of esters is 1. The topological polar surface area (TPSA) is 92.8 Å². The number of H-pyrrole nitrogens is 1. The molecule has 212 valence electrons. The highest BCUT2D eigenvalue weighted by atomic mass is 16.6. The molecule has 6 aromatic rings. The molecule has 6 rings (SSSR count). The number of rotatable bonds is 8. The van der Waals surface area contributed by atoms with Crippen molar-refractivity contribution < 1.29 is 19.1 Å². The molecule has 0 aliphatic carbocycles. The van der Waals surface area contributed by atoms with Gasteiger partial charge in [-0.25, -0.2) is 10.2 Å². The van der Waals surface area contributed by atoms with E-state index in [2.05, 4.69) is 21.6 Å². The predicted octanol–water partition coefficient (Wildman–Crippen LogP) is 7.68. The van der Waals surface area contributed by atoms with E-state index in [1.165, 1.54) is 6.21 Å². The summed E-state index contributed by atoms with van der Waals surface area (Å²) in [4.78, 5) is 29.5. The van der Waals surface area contributed by atoms with Gasteiger partial charge in [-0.3, -0.25) is 4.79 Å². The summed E-state index contributed by atoms with van der Waals surface area (Å²) in [5.41, 5.74) is 7.87. The summed E-state index contributed by atoms with van der Waals surface area (Å²) in [7, 11) is 0. The van der Waals surface area contributed by atoms with Gasteiger partial charge in [0, 0.05) is 16.3 Å². The zero-order valence-corrected chi connectivity index (χ0v) is 23.8. The Morgan fingerprint density at radius 3 is 2.40 bits per heavy atom. The Morgan fingerprint density at radius 2 is 1.60 bits per heavy atom. The number of hydrogen-bond acceptors (Lipinski definition) is 5. The smallest absolute Gasteiger partial charge is 0.343 e. The molecule has 0 bridgehead atoms. The van der Waals surface area contributed by atoms with Gasteiger partial charge in [0.1, 0.15) is 5.69 Å². The van der Waals surface area contributed by atoms with Gasteiger partial charge in [-0.15, -0.1) is 0 Å². The maximum Gasteiger partial charge on any atom is 0.343 e. The Morgan fingerprint density at radius 1 is 0.837 bits per heavy atom. The quantitative estimate of drug-likeness (QED) is 0.0854. The standard InChI is InChI=1S/C36H29N3O4/c1-3-42-31-21-24(15-20-30(31)43-36(41)27-16-13-23(2)14-17-27)22-37-39-35(40)34-32(26-10-5-4-6-11-26)29-19-18-25-9-7-8-12-28(25)33(29)38-34/h4-22,38H,3H2,1-2H3,(H,39,40). The maximum atomic E-state index is 13.5. The molecule has 0 atom stereocenters. The minimum Gasteiger partial charge on any atom is -0.490 e. The first kappa shape index (κ1) is 27.5. The van der Waals surface area contributed by atoms with Crippen molar-refractivity contribution in [2.45, 2.75) is 13.8 Å². The van der Waals surface area contributed by atoms with Crippen LogP contribution in [0, 0.1) is 6.92 Å². The Hall–Kier alpha value is -5.69. The van der Waals surface area contributed by atoms with Crippen molar-refractivity contribution in [2.24, 2.45) is 5.10 Å². The van der Waals surface area contributed by atoms with E-state index >= 15 is 0 Å². The molecular formula is C36H29N3O4. The Bertz CT molecular complexity index is 1980. The number of carbonyl (C=O) groups is 2. The van der Waals surface area contributed by atoms with Crippen molar-refractivity contribution in [2.75, 3.05) is 6.61 Å². The summed E-state index contributed by atoms with van der Waals surface area (Å²) in [6, 6.07) is 34.3. The molecule has 1 amide bonds. The summed E-state index contributed by atoms with van der Waals surface area (Å²) >= 11 is 0. The van der Waals surface area contributed by atoms with E-state index in [0.717, 1.165) is 38.4 Å². The lowest BCUT2D eigenvalue weighted by Gasteiger charge is -2.11. The van der Waals surface area contributed by atoms with Crippen LogP contribution in [-0.4, -0.2) is 29.7 Å². The van der Waals surface area contributed by atoms with E-state index in [9.17, 15) is 9.59 Å². The van der Waals surface area contributed by atoms with Gasteiger partial charge in [0.2, 0.25) is 0 Å². The number of carbonyl (C=O) groups excluding carboxylic acids is 2. The number of aromatic nitrogens is 1. The number of hydrogen-bond donors (Lipinski definition) is 2. The van der Waals surface area contributed by atoms with Crippen LogP contribution in [0.25, 0.3) is 32.8 Å². The number of nitrogens with one attached hydrogen (secondary N) is 2. The average Bonchev–Trinajstić information content (AvgIpc) is 3.43. The van der Waals surface area contributed by atoms with Crippen LogP contribution in [0.4, 0.5) is 0 Å². The summed E-state index contributed by atoms with van der Waals surface area (Å²) < 4.78 is 11.3. The first-order chi connectivity index (χ1) is 21.0. The zero-order chi connectivity index (χ0) is 29.8. The van der Waals surface area contributed by atoms with Crippen molar-refractivity contribution in [1.82, 2.24) is 10.4 Å². The highest BCUT2D eigenvalue weighted by molar-refractivity contribution is 6.16. The van der Waals surface area contributed by atoms with Gasteiger partial charge in [-0.05, 0) is 60.7 Å². The number of aryl methyl sites for hydroxylation is 1. The van der Waals surface area contributed by atoms with Crippen molar-refractivity contribution in [3.63, 3.8) is 0 Å². The fourth-order valence-corrected chi connectivity index (χ4v) is 5.04. The van der Waals surface area contributed by atoms with E-state index in [4.69, 9.17) is 9.47 Å². The molecule has 5 aromatic carbocycles. The normalized spacial score (nSPS) is 11.2. The molecule has 43 heavy (non-hydrogen) atoms. The van der Waals surface area contributed by atoms with Gasteiger partial charge in [0.15, 0.2) is 11.5 Å². The van der Waals surface area contributed by atoms with Gasteiger partial charge in [-0.2, -0.15) is 5.10 Å². The fraction of sp³-hybridized carbons (Fsp3) is 0.0833. The maximum absolute atomic E-state index is 13.5. The van der Waals surface area contributed by atoms with E-state index in [1.807, 2.05) is 86.6 Å². The van der Waals surface area contributed by atoms with Gasteiger partial charge in [0.25, 0.3) is 5.91 Å². The number of ether oxygens (including phenoxy) is 2. The van der Waals surface area contributed by atoms with E-state index < -0.39 is 5.97 Å². The first-order valence-electron chi connectivity index (χ1n) is 14.0. The second kappa shape index (κ2) is 12.0. The van der Waals surface area contributed by atoms with E-state index in [1.54, 1.807) is 30.3 Å². The van der Waals surface area contributed by atoms with Crippen LogP contribution < -0.4 is 14.9 Å². The number of amides is 1. The lowest BCUT2D eigenvalue weighted by Crippen LogP contribution is -2.18. The lowest BCUT2D eigenvalue weighted by atomic mass is 9.99. The summed E-state index contributed by atoms with van der Waals surface area (Å²) in [5, 5.41) is 7.30. The second-order valence-electron chi connectivity index (χ2n) is 10.0. The number of aromatic amines is 1. The number of nitrogens with zero attached hydrogens (tertiary/aromatic N) is 1. The molecule has 0 aliphatic heterocycles. The zero-order valence-electron chi connectivity index (χ0n) is 23.8. The van der Waals surface area contributed by atoms with Crippen molar-refractivity contribution in [3.8, 4) is 22.6 Å². The van der Waals surface area contributed by atoms with Crippen LogP contribution >= 0.6 is 0 Å². The lowest BCUT2D eigenvalue weighted by molar-refractivity contribution is 0.0728. The Labute approximate surface area is 248 Å². The van der Waals surface area contributed by atoms with Gasteiger partial charge in [0.05, 0.1) is 23.9 Å². The van der Waals surface area contributed by atoms with Crippen LogP contribution in [0.3, 0.4) is 0 Å². The molecule has 7 nitrogen and oxygen atoms in total. The van der Waals surface area contributed by atoms with Crippen LogP contribution in [0.5, 0.6) is 11.5 Å². The van der Waals surface area contributed by atoms with Crippen LogP contribution in [0.1, 0.15) is 38.9 Å². The van der Waals surface area contributed by atoms with Gasteiger partial charge in [-0.1, -0.05) is 84.4 Å². The van der Waals surface area contributed by atoms with Crippen molar-refractivity contribution in [1.29, 1.82) is 0 Å². The highest BCUT2D eigenvalue weighted by Gasteiger charge is 2.20. The summed E-state index contributed by atoms with van der Waals surface area (Å²) in [6.07, 6.45) is 1.52. The third-order valence-electron chi connectivity index (χ3n) is 7.13. The SMILES string of the molecule is CCOc1cc(C=NNC(=O)c2[nH]c3c(ccc4ccccc43)c2-c2ccccc2)ccc1OC(=O)c1ccc(C)cc1. The number of fused-ring (bicyclic) bond motifs is 3. The minimum atomic E-state index is -0.477. The van der Waals surface area contributed by atoms with Gasteiger partial charge >= 0.3 is 5.97 Å². The molecular weight excluding hydrogens is 538 g/mol. The third kappa shape index (κ3) is 5.74. The first-order valence-corrected chi connectivity index (χ1v) is 14.0. The summed E-state index contributed by atoms with van der Waals surface area (Å²) in [5.74, 6) is -0.155. The molecule has 0 fully saturated rings. The molecule has 0 saturated heterocycles. The molecule has 0 radical (unpaired) electrons. The largest absolute Gasteiger partial charge is 0.490 e. The van der Waals surface area contributed by atoms with Gasteiger partial charge < -0.3 is 14.5 Å². The minimum absolute atomic E-state index is 0.298. The van der Waals surface area contributed by atoms with Crippen LogP contribution in [0.2, 0.25) is 0 Å². The van der Waals surface area contributed by atoms with Crippen LogP contribution in [0.15, 0.2) is 114 Å². The summed E-state index contributed by atoms with van der Waals surface area (Å²) in [6.45, 7) is 4.18. The molecule has 0 unspecified atom stereocenters. The molecule has 0 spiro atoms. The van der Waals surface area contributed by atoms with E-state index in [0.29, 0.717) is 34.9 Å². The highest BCUT2D eigenvalue weighted by Crippen LogP contribution is 2.36. The fourth-order valence-electron chi connectivity index (χ4n) is 5.04. The number of hydrazone groups is 1. The molecule has 0 aliphatic rings. The molecule has 0 saturated carbocycles. The average molecular weight is 568 g/mol. The number of benzene rings is 5. The third-order valence-corrected chi connectivity index (χ3v) is 7.13. The molecule has 7 heteroatoms. The molecule has 1 aromatic heterocycles.